The Morgan fingerprint density at radius 3 is 1.92 bits per heavy atom. The first-order valence-electron chi connectivity index (χ1n) is 12.4. The van der Waals surface area contributed by atoms with E-state index in [0.717, 1.165) is 16.7 Å². The van der Waals surface area contributed by atoms with Crippen LogP contribution in [0.2, 0.25) is 0 Å². The summed E-state index contributed by atoms with van der Waals surface area (Å²) in [6, 6.07) is 0. The number of rotatable bonds is 4. The number of ether oxygens (including phenoxy) is 1. The largest absolute Gasteiger partial charge is 0.495 e. The van der Waals surface area contributed by atoms with Gasteiger partial charge >= 0.3 is 23.4 Å². The SMILES string of the molecule is Cc1c(CS(=O)(=O)F)c(C)c(N2CCN(C(=O)OC(C)(C)C)CC2)c(C)c1B1OC(C)(C)C(C)(C)O1. The molecule has 36 heavy (non-hydrogen) atoms. The summed E-state index contributed by atoms with van der Waals surface area (Å²) >= 11 is 0. The van der Waals surface area contributed by atoms with Crippen molar-refractivity contribution in [2.24, 2.45) is 0 Å². The molecule has 0 N–H and O–H groups in total. The van der Waals surface area contributed by atoms with Gasteiger partial charge in [0.2, 0.25) is 0 Å². The summed E-state index contributed by atoms with van der Waals surface area (Å²) in [5.74, 6) is -0.720. The van der Waals surface area contributed by atoms with Gasteiger partial charge in [-0.25, -0.2) is 4.79 Å². The molecule has 0 bridgehead atoms. The maximum absolute atomic E-state index is 14.0. The van der Waals surface area contributed by atoms with Gasteiger partial charge in [-0.15, -0.1) is 3.89 Å². The molecule has 3 rings (SSSR count). The third-order valence-electron chi connectivity index (χ3n) is 7.48. The molecular formula is C25H40BFN2O6S. The van der Waals surface area contributed by atoms with Crippen LogP contribution in [0.4, 0.5) is 14.4 Å². The maximum Gasteiger partial charge on any atom is 0.495 e. The first-order chi connectivity index (χ1) is 16.2. The van der Waals surface area contributed by atoms with Crippen molar-refractivity contribution in [2.75, 3.05) is 31.1 Å². The molecule has 2 saturated heterocycles. The van der Waals surface area contributed by atoms with E-state index in [9.17, 15) is 17.1 Å². The molecule has 8 nitrogen and oxygen atoms in total. The van der Waals surface area contributed by atoms with E-state index in [1.54, 1.807) is 11.8 Å². The van der Waals surface area contributed by atoms with Crippen molar-refractivity contribution in [1.29, 1.82) is 0 Å². The van der Waals surface area contributed by atoms with Crippen LogP contribution in [0.15, 0.2) is 0 Å². The predicted octanol–water partition coefficient (Wildman–Crippen LogP) is 3.77. The molecule has 0 aliphatic carbocycles. The Morgan fingerprint density at radius 1 is 0.972 bits per heavy atom. The molecule has 0 spiro atoms. The zero-order valence-corrected chi connectivity index (χ0v) is 24.1. The van der Waals surface area contributed by atoms with Gasteiger partial charge in [-0.3, -0.25) is 0 Å². The van der Waals surface area contributed by atoms with Crippen molar-refractivity contribution >= 4 is 34.6 Å². The van der Waals surface area contributed by atoms with E-state index in [1.165, 1.54) is 0 Å². The van der Waals surface area contributed by atoms with Crippen molar-refractivity contribution < 1.29 is 31.1 Å². The summed E-state index contributed by atoms with van der Waals surface area (Å²) in [6.45, 7) is 20.8. The maximum atomic E-state index is 14.0. The molecule has 2 heterocycles. The number of carbonyl (C=O) groups is 1. The first kappa shape index (κ1) is 28.7. The Morgan fingerprint density at radius 2 is 1.47 bits per heavy atom. The van der Waals surface area contributed by atoms with E-state index in [4.69, 9.17) is 14.0 Å². The van der Waals surface area contributed by atoms with Gasteiger partial charge < -0.3 is 23.8 Å². The summed E-state index contributed by atoms with van der Waals surface area (Å²) in [6.07, 6.45) is -0.360. The highest BCUT2D eigenvalue weighted by Crippen LogP contribution is 2.39. The van der Waals surface area contributed by atoms with E-state index in [-0.39, 0.29) is 6.09 Å². The van der Waals surface area contributed by atoms with Crippen molar-refractivity contribution in [1.82, 2.24) is 4.90 Å². The highest BCUT2D eigenvalue weighted by molar-refractivity contribution is 7.85. The van der Waals surface area contributed by atoms with Crippen molar-refractivity contribution in [3.63, 3.8) is 0 Å². The Labute approximate surface area is 215 Å². The Bertz CT molecular complexity index is 1120. The summed E-state index contributed by atoms with van der Waals surface area (Å²) in [5.41, 5.74) is 2.46. The number of anilines is 1. The second kappa shape index (κ2) is 9.47. The number of benzene rings is 1. The molecule has 11 heteroatoms. The number of nitrogens with zero attached hydrogens (tertiary/aromatic N) is 2. The lowest BCUT2D eigenvalue weighted by Gasteiger charge is -2.39. The van der Waals surface area contributed by atoms with Gasteiger partial charge in [0.15, 0.2) is 0 Å². The van der Waals surface area contributed by atoms with E-state index < -0.39 is 39.9 Å². The minimum absolute atomic E-state index is 0.360. The van der Waals surface area contributed by atoms with Crippen LogP contribution in [0.1, 0.15) is 70.7 Å². The van der Waals surface area contributed by atoms with Gasteiger partial charge in [0.05, 0.1) is 11.2 Å². The molecule has 1 aromatic rings. The van der Waals surface area contributed by atoms with E-state index in [0.29, 0.717) is 42.9 Å². The second-order valence-corrected chi connectivity index (χ2v) is 13.2. The van der Waals surface area contributed by atoms with Crippen LogP contribution < -0.4 is 10.4 Å². The van der Waals surface area contributed by atoms with Crippen molar-refractivity contribution in [2.45, 2.75) is 91.8 Å². The number of carbonyl (C=O) groups excluding carboxylic acids is 1. The van der Waals surface area contributed by atoms with Crippen LogP contribution >= 0.6 is 0 Å². The summed E-state index contributed by atoms with van der Waals surface area (Å²) < 4.78 is 55.6. The molecule has 1 aromatic carbocycles. The molecular weight excluding hydrogens is 486 g/mol. The zero-order valence-electron chi connectivity index (χ0n) is 23.2. The van der Waals surface area contributed by atoms with Gasteiger partial charge in [-0.1, -0.05) is 0 Å². The Kier molecular flexibility index (Phi) is 7.56. The van der Waals surface area contributed by atoms with Gasteiger partial charge in [-0.2, -0.15) is 8.42 Å². The normalized spacial score (nSPS) is 20.1. The molecule has 0 aromatic heterocycles. The summed E-state index contributed by atoms with van der Waals surface area (Å²) in [7, 11) is -5.50. The zero-order chi connectivity index (χ0) is 27.4. The second-order valence-electron chi connectivity index (χ2n) is 11.8. The monoisotopic (exact) mass is 526 g/mol. The fraction of sp³-hybridized carbons (Fsp3) is 0.720. The van der Waals surface area contributed by atoms with Crippen LogP contribution in [-0.4, -0.2) is 69.5 Å². The molecule has 2 fully saturated rings. The minimum atomic E-state index is -4.78. The molecule has 202 valence electrons. The quantitative estimate of drug-likeness (QED) is 0.436. The molecule has 2 aliphatic rings. The molecule has 1 amide bonds. The summed E-state index contributed by atoms with van der Waals surface area (Å²) in [4.78, 5) is 16.3. The molecule has 0 atom stereocenters. The lowest BCUT2D eigenvalue weighted by atomic mass is 9.70. The topological polar surface area (TPSA) is 85.4 Å². The lowest BCUT2D eigenvalue weighted by molar-refractivity contribution is 0.00578. The number of hydrogen-bond donors (Lipinski definition) is 0. The van der Waals surface area contributed by atoms with Crippen molar-refractivity contribution in [3.8, 4) is 0 Å². The minimum Gasteiger partial charge on any atom is -0.444 e. The molecule has 0 saturated carbocycles. The molecule has 0 radical (unpaired) electrons. The fourth-order valence-electron chi connectivity index (χ4n) is 4.89. The number of amides is 1. The first-order valence-corrected chi connectivity index (χ1v) is 13.9. The van der Waals surface area contributed by atoms with Gasteiger partial charge in [-0.05, 0) is 97.0 Å². The number of halogens is 1. The van der Waals surface area contributed by atoms with E-state index in [2.05, 4.69) is 4.90 Å². The molecule has 0 unspecified atom stereocenters. The third kappa shape index (κ3) is 5.83. The Hall–Kier alpha value is -1.85. The number of hydrogen-bond acceptors (Lipinski definition) is 7. The third-order valence-corrected chi connectivity index (χ3v) is 8.11. The highest BCUT2D eigenvalue weighted by atomic mass is 32.3. The predicted molar refractivity (Wildman–Crippen MR) is 140 cm³/mol. The summed E-state index contributed by atoms with van der Waals surface area (Å²) in [5, 5.41) is 0. The van der Waals surface area contributed by atoms with Crippen LogP contribution in [0.25, 0.3) is 0 Å². The standard InChI is InChI=1S/C25H40BFN2O6S/c1-16-19(15-36(27,31)32)17(2)21(18(3)20(16)26-34-24(7,8)25(9,10)35-26)28-11-13-29(14-12-28)22(30)33-23(4,5)6/h11-15H2,1-10H3. The van der Waals surface area contributed by atoms with Crippen LogP contribution in [0.5, 0.6) is 0 Å². The van der Waals surface area contributed by atoms with Crippen LogP contribution in [-0.2, 0) is 30.0 Å². The van der Waals surface area contributed by atoms with Gasteiger partial charge in [0, 0.05) is 31.9 Å². The lowest BCUT2D eigenvalue weighted by Crippen LogP contribution is -2.51. The van der Waals surface area contributed by atoms with Gasteiger partial charge in [0.1, 0.15) is 11.4 Å². The van der Waals surface area contributed by atoms with Crippen molar-refractivity contribution in [3.05, 3.63) is 22.3 Å². The van der Waals surface area contributed by atoms with E-state index in [1.807, 2.05) is 62.3 Å². The van der Waals surface area contributed by atoms with Crippen LogP contribution in [0.3, 0.4) is 0 Å². The van der Waals surface area contributed by atoms with Gasteiger partial charge in [0.25, 0.3) is 0 Å². The smallest absolute Gasteiger partial charge is 0.444 e. The highest BCUT2D eigenvalue weighted by Gasteiger charge is 2.53. The number of piperazine rings is 1. The van der Waals surface area contributed by atoms with E-state index >= 15 is 0 Å². The van der Waals surface area contributed by atoms with Crippen LogP contribution in [0, 0.1) is 20.8 Å². The average molecular weight is 526 g/mol. The molecule has 2 aliphatic heterocycles. The average Bonchev–Trinajstić information content (AvgIpc) is 2.90. The fourth-order valence-corrected chi connectivity index (χ4v) is 5.67. The Balaban J connectivity index is 2.03.